The largest absolute Gasteiger partial charge is 0.375 e. The Balaban J connectivity index is 1.56. The number of hydrogen-bond acceptors (Lipinski definition) is 4. The molecule has 1 N–H and O–H groups in total. The number of hydrogen-bond donors (Lipinski definition) is 1. The van der Waals surface area contributed by atoms with Gasteiger partial charge < -0.3 is 19.8 Å². The lowest BCUT2D eigenvalue weighted by atomic mass is 9.86. The molecule has 27 heavy (non-hydrogen) atoms. The van der Waals surface area contributed by atoms with Crippen LogP contribution in [0.4, 0.5) is 10.1 Å². The molecular formula is C22H31FN2O2. The number of nitrogens with one attached hydrogen (secondary N) is 1. The average molecular weight is 375 g/mol. The van der Waals surface area contributed by atoms with Crippen molar-refractivity contribution in [2.75, 3.05) is 18.4 Å². The van der Waals surface area contributed by atoms with E-state index < -0.39 is 6.04 Å². The van der Waals surface area contributed by atoms with Crippen LogP contribution in [0.2, 0.25) is 0 Å². The van der Waals surface area contributed by atoms with Crippen molar-refractivity contribution in [3.63, 3.8) is 0 Å². The smallest absolute Gasteiger partial charge is 0.142 e. The summed E-state index contributed by atoms with van der Waals surface area (Å²) in [5.41, 5.74) is 1.39. The van der Waals surface area contributed by atoms with E-state index in [1.165, 1.54) is 38.2 Å². The van der Waals surface area contributed by atoms with Crippen molar-refractivity contribution in [1.29, 1.82) is 0 Å². The number of likely N-dealkylation sites (tertiary alicyclic amines) is 1. The molecule has 1 saturated heterocycles. The van der Waals surface area contributed by atoms with Crippen LogP contribution in [0.1, 0.15) is 69.3 Å². The van der Waals surface area contributed by atoms with Crippen molar-refractivity contribution in [2.24, 2.45) is 0 Å². The summed E-state index contributed by atoms with van der Waals surface area (Å²) in [4.78, 5) is 24.2. The van der Waals surface area contributed by atoms with Gasteiger partial charge in [-0.3, -0.25) is 0 Å². The van der Waals surface area contributed by atoms with Gasteiger partial charge in [0.15, 0.2) is 0 Å². The van der Waals surface area contributed by atoms with Gasteiger partial charge in [-0.15, -0.1) is 0 Å². The molecule has 5 heteroatoms. The molecule has 1 aliphatic carbocycles. The van der Waals surface area contributed by atoms with Gasteiger partial charge in [0.1, 0.15) is 18.4 Å². The minimum Gasteiger partial charge on any atom is -0.375 e. The Bertz CT molecular complexity index is 623. The Morgan fingerprint density at radius 1 is 1.11 bits per heavy atom. The molecule has 0 radical (unpaired) electrons. The number of nitrogens with zero attached hydrogens (tertiary/aromatic N) is 1. The third kappa shape index (κ3) is 5.38. The molecule has 0 spiro atoms. The third-order valence-corrected chi connectivity index (χ3v) is 6.17. The predicted molar refractivity (Wildman–Crippen MR) is 106 cm³/mol. The zero-order chi connectivity index (χ0) is 19.1. The number of aldehydes is 2. The highest BCUT2D eigenvalue weighted by molar-refractivity contribution is 5.65. The van der Waals surface area contributed by atoms with Crippen molar-refractivity contribution >= 4 is 18.3 Å². The molecule has 0 amide bonds. The Hall–Kier alpha value is -1.75. The van der Waals surface area contributed by atoms with Crippen molar-refractivity contribution in [2.45, 2.75) is 75.8 Å². The highest BCUT2D eigenvalue weighted by Crippen LogP contribution is 2.34. The van der Waals surface area contributed by atoms with Crippen molar-refractivity contribution in [3.8, 4) is 0 Å². The molecule has 1 aromatic carbocycles. The van der Waals surface area contributed by atoms with Crippen LogP contribution in [0.25, 0.3) is 0 Å². The predicted octanol–water partition coefficient (Wildman–Crippen LogP) is 4.30. The maximum Gasteiger partial charge on any atom is 0.142 e. The molecule has 2 fully saturated rings. The van der Waals surface area contributed by atoms with Crippen LogP contribution >= 0.6 is 0 Å². The molecule has 2 aliphatic rings. The van der Waals surface area contributed by atoms with Crippen molar-refractivity contribution in [3.05, 3.63) is 29.6 Å². The lowest BCUT2D eigenvalue weighted by Gasteiger charge is -2.39. The molecule has 148 valence electrons. The quantitative estimate of drug-likeness (QED) is 0.690. The molecular weight excluding hydrogens is 343 g/mol. The number of rotatable bonds is 8. The fourth-order valence-corrected chi connectivity index (χ4v) is 4.61. The number of anilines is 1. The SMILES string of the molecule is O=CCCC(C=O)Nc1ccc(C2CCN(C3CCCCC3)CC2)c(F)c1. The molecule has 1 aromatic rings. The fourth-order valence-electron chi connectivity index (χ4n) is 4.61. The molecule has 1 atom stereocenters. The van der Waals surface area contributed by atoms with E-state index in [1.54, 1.807) is 0 Å². The van der Waals surface area contributed by atoms with Gasteiger partial charge in [-0.1, -0.05) is 25.3 Å². The second kappa shape index (κ2) is 9.98. The first-order valence-electron chi connectivity index (χ1n) is 10.4. The summed E-state index contributed by atoms with van der Waals surface area (Å²) in [5, 5.41) is 3.01. The molecule has 0 bridgehead atoms. The summed E-state index contributed by atoms with van der Waals surface area (Å²) < 4.78 is 14.7. The average Bonchev–Trinajstić information content (AvgIpc) is 2.72. The minimum absolute atomic E-state index is 0.198. The summed E-state index contributed by atoms with van der Waals surface area (Å²) in [6.45, 7) is 2.13. The van der Waals surface area contributed by atoms with Gasteiger partial charge in [-0.25, -0.2) is 4.39 Å². The third-order valence-electron chi connectivity index (χ3n) is 6.17. The molecule has 4 nitrogen and oxygen atoms in total. The standard InChI is InChI=1S/C22H31FN2O2/c23-22-15-18(24-19(16-27)5-4-14-26)8-9-21(22)17-10-12-25(13-11-17)20-6-2-1-3-7-20/h8-9,14-17,19-20,24H,1-7,10-13H2. The van der Waals surface area contributed by atoms with Crippen molar-refractivity contribution < 1.29 is 14.0 Å². The zero-order valence-corrected chi connectivity index (χ0v) is 16.0. The topological polar surface area (TPSA) is 49.4 Å². The second-order valence-corrected chi connectivity index (χ2v) is 7.97. The summed E-state index contributed by atoms with van der Waals surface area (Å²) in [6.07, 6.45) is 11.0. The van der Waals surface area contributed by atoms with E-state index in [0.717, 1.165) is 50.1 Å². The number of halogens is 1. The Morgan fingerprint density at radius 2 is 1.85 bits per heavy atom. The molecule has 1 aliphatic heterocycles. The van der Waals surface area contributed by atoms with E-state index in [9.17, 15) is 14.0 Å². The van der Waals surface area contributed by atoms with Crippen LogP contribution < -0.4 is 5.32 Å². The summed E-state index contributed by atoms with van der Waals surface area (Å²) in [5.74, 6) is 0.0759. The van der Waals surface area contributed by atoms with E-state index in [-0.39, 0.29) is 11.7 Å². The number of carbonyl (C=O) groups excluding carboxylic acids is 2. The molecule has 1 unspecified atom stereocenters. The lowest BCUT2D eigenvalue weighted by molar-refractivity contribution is -0.109. The minimum atomic E-state index is -0.459. The molecule has 1 heterocycles. The van der Waals surface area contributed by atoms with Crippen LogP contribution in [0.3, 0.4) is 0 Å². The van der Waals surface area contributed by atoms with E-state index in [1.807, 2.05) is 12.1 Å². The zero-order valence-electron chi connectivity index (χ0n) is 16.0. The maximum absolute atomic E-state index is 14.7. The second-order valence-electron chi connectivity index (χ2n) is 7.97. The molecule has 0 aromatic heterocycles. The van der Waals surface area contributed by atoms with Crippen LogP contribution in [0.15, 0.2) is 18.2 Å². The van der Waals surface area contributed by atoms with Gasteiger partial charge in [-0.05, 0) is 68.8 Å². The maximum atomic E-state index is 14.7. The Morgan fingerprint density at radius 3 is 2.48 bits per heavy atom. The van der Waals surface area contributed by atoms with Gasteiger partial charge in [0.05, 0.1) is 6.04 Å². The van der Waals surface area contributed by atoms with Gasteiger partial charge in [0, 0.05) is 18.2 Å². The molecule has 1 saturated carbocycles. The van der Waals surface area contributed by atoms with Crippen LogP contribution in [-0.4, -0.2) is 42.6 Å². The first kappa shape index (κ1) is 20.0. The number of carbonyl (C=O) groups is 2. The van der Waals surface area contributed by atoms with E-state index >= 15 is 0 Å². The first-order chi connectivity index (χ1) is 13.2. The lowest BCUT2D eigenvalue weighted by Crippen LogP contribution is -2.42. The van der Waals surface area contributed by atoms with E-state index in [0.29, 0.717) is 18.5 Å². The van der Waals surface area contributed by atoms with Gasteiger partial charge >= 0.3 is 0 Å². The number of piperidine rings is 1. The van der Waals surface area contributed by atoms with Crippen LogP contribution in [-0.2, 0) is 9.59 Å². The van der Waals surface area contributed by atoms with Crippen molar-refractivity contribution in [1.82, 2.24) is 4.90 Å². The Kier molecular flexibility index (Phi) is 7.39. The van der Waals surface area contributed by atoms with Gasteiger partial charge in [0.2, 0.25) is 0 Å². The summed E-state index contributed by atoms with van der Waals surface area (Å²) >= 11 is 0. The van der Waals surface area contributed by atoms with Gasteiger partial charge in [-0.2, -0.15) is 0 Å². The highest BCUT2D eigenvalue weighted by Gasteiger charge is 2.28. The molecule has 3 rings (SSSR count). The van der Waals surface area contributed by atoms with Gasteiger partial charge in [0.25, 0.3) is 0 Å². The van der Waals surface area contributed by atoms with Crippen LogP contribution in [0, 0.1) is 5.82 Å². The number of benzene rings is 1. The highest BCUT2D eigenvalue weighted by atomic mass is 19.1. The van der Waals surface area contributed by atoms with Crippen LogP contribution in [0.5, 0.6) is 0 Å². The normalized spacial score (nSPS) is 20.9. The van der Waals surface area contributed by atoms with E-state index in [2.05, 4.69) is 10.2 Å². The fraction of sp³-hybridized carbons (Fsp3) is 0.636. The summed E-state index contributed by atoms with van der Waals surface area (Å²) in [6, 6.07) is 5.48. The monoisotopic (exact) mass is 374 g/mol. The van der Waals surface area contributed by atoms with E-state index in [4.69, 9.17) is 0 Å². The summed E-state index contributed by atoms with van der Waals surface area (Å²) in [7, 11) is 0. The Labute approximate surface area is 161 Å². The first-order valence-corrected chi connectivity index (χ1v) is 10.4.